The second-order valence-corrected chi connectivity index (χ2v) is 0.692. The molecule has 30 valence electrons. The van der Waals surface area contributed by atoms with Gasteiger partial charge >= 0.3 is 45.5 Å². The van der Waals surface area contributed by atoms with Crippen LogP contribution in [-0.4, -0.2) is 58.8 Å². The molecule has 0 atom stereocenters. The third kappa shape index (κ3) is 29.1. The fourth-order valence-corrected chi connectivity index (χ4v) is 0. The van der Waals surface area contributed by atoms with Gasteiger partial charge < -0.3 is 0 Å². The Bertz CT molecular complexity index is 29.9. The molecule has 0 spiro atoms. The molecule has 0 fully saturated rings. The minimum absolute atomic E-state index is 0. The summed E-state index contributed by atoms with van der Waals surface area (Å²) in [5.74, 6) is 0. The van der Waals surface area contributed by atoms with E-state index in [0.29, 0.717) is 0 Å². The summed E-state index contributed by atoms with van der Waals surface area (Å²) in [6.45, 7) is 0. The molecule has 0 aliphatic carbocycles. The van der Waals surface area contributed by atoms with Crippen LogP contribution in [-0.2, 0) is 11.4 Å². The van der Waals surface area contributed by atoms with Gasteiger partial charge in [0, 0.05) is 0 Å². The van der Waals surface area contributed by atoms with Crippen molar-refractivity contribution in [2.75, 3.05) is 0 Å². The SMILES string of the molecule is O=S(O)O.[SrH2]. The van der Waals surface area contributed by atoms with Crippen LogP contribution in [0.2, 0.25) is 0 Å². The summed E-state index contributed by atoms with van der Waals surface area (Å²) in [7, 11) is 0. The molecule has 0 aromatic heterocycles. The van der Waals surface area contributed by atoms with E-state index in [-0.39, 0.29) is 45.5 Å². The first-order chi connectivity index (χ1) is 1.73. The average Bonchev–Trinajstić information content (AvgIpc) is 0.811. The van der Waals surface area contributed by atoms with Gasteiger partial charge in [-0.25, -0.2) is 0 Å². The molecular formula is H4O3SSr. The Labute approximate surface area is 69.1 Å². The zero-order valence-corrected chi connectivity index (χ0v) is 2.53. The predicted molar refractivity (Wildman–Crippen MR) is 21.9 cm³/mol. The standard InChI is InChI=1S/H2O3S.Sr.2H/c1-4(2)3;;;/h(H2,1,2,3);;;. The topological polar surface area (TPSA) is 57.5 Å². The van der Waals surface area contributed by atoms with Crippen molar-refractivity contribution in [1.82, 2.24) is 0 Å². The molecule has 0 saturated carbocycles. The summed E-state index contributed by atoms with van der Waals surface area (Å²) in [6.07, 6.45) is 0. The molecule has 3 nitrogen and oxygen atoms in total. The van der Waals surface area contributed by atoms with Crippen LogP contribution >= 0.6 is 0 Å². The van der Waals surface area contributed by atoms with Crippen molar-refractivity contribution in [2.24, 2.45) is 0 Å². The Balaban J connectivity index is 0. The van der Waals surface area contributed by atoms with Crippen LogP contribution in [0.3, 0.4) is 0 Å². The van der Waals surface area contributed by atoms with Gasteiger partial charge in [0.1, 0.15) is 0 Å². The molecule has 0 amide bonds. The normalized spacial score (nSPS) is 7.00. The third-order valence-electron chi connectivity index (χ3n) is 0. The van der Waals surface area contributed by atoms with Gasteiger partial charge in [0.15, 0.2) is 0 Å². The molecule has 0 heterocycles. The van der Waals surface area contributed by atoms with Crippen molar-refractivity contribution in [1.29, 1.82) is 0 Å². The molecule has 0 aliphatic rings. The second kappa shape index (κ2) is 5.55. The van der Waals surface area contributed by atoms with Crippen molar-refractivity contribution in [3.63, 3.8) is 0 Å². The summed E-state index contributed by atoms with van der Waals surface area (Å²) >= 11 is -2.61. The molecule has 0 bridgehead atoms. The molecule has 0 radical (unpaired) electrons. The third-order valence-corrected chi connectivity index (χ3v) is 0. The second-order valence-electron chi connectivity index (χ2n) is 0.231. The van der Waals surface area contributed by atoms with E-state index >= 15 is 0 Å². The molecule has 5 heavy (non-hydrogen) atoms. The monoisotopic (exact) mass is 172 g/mol. The van der Waals surface area contributed by atoms with Crippen LogP contribution in [0.1, 0.15) is 0 Å². The zero-order chi connectivity index (χ0) is 3.58. The molecule has 0 saturated heterocycles. The van der Waals surface area contributed by atoms with Crippen LogP contribution in [0.4, 0.5) is 0 Å². The Morgan fingerprint density at radius 2 is 1.40 bits per heavy atom. The molecule has 0 unspecified atom stereocenters. The van der Waals surface area contributed by atoms with E-state index in [9.17, 15) is 0 Å². The fraction of sp³-hybridized carbons (Fsp3) is 0. The molecule has 0 aromatic rings. The van der Waals surface area contributed by atoms with Crippen LogP contribution < -0.4 is 0 Å². The van der Waals surface area contributed by atoms with Crippen LogP contribution in [0.25, 0.3) is 0 Å². The summed E-state index contributed by atoms with van der Waals surface area (Å²) in [6, 6.07) is 0. The summed E-state index contributed by atoms with van der Waals surface area (Å²) < 4.78 is 22.8. The van der Waals surface area contributed by atoms with Gasteiger partial charge in [0.05, 0.1) is 0 Å². The number of hydrogen-bond acceptors (Lipinski definition) is 1. The quantitative estimate of drug-likeness (QED) is 0.355. The molecule has 0 aliphatic heterocycles. The molecule has 0 rings (SSSR count). The van der Waals surface area contributed by atoms with Crippen molar-refractivity contribution in [3.05, 3.63) is 0 Å². The zero-order valence-electron chi connectivity index (χ0n) is 1.71. The Hall–Kier alpha value is 1.55. The Morgan fingerprint density at radius 1 is 1.40 bits per heavy atom. The van der Waals surface area contributed by atoms with Crippen LogP contribution in [0.5, 0.6) is 0 Å². The maximum absolute atomic E-state index is 8.67. The average molecular weight is 172 g/mol. The van der Waals surface area contributed by atoms with Gasteiger partial charge in [-0.05, 0) is 0 Å². The first kappa shape index (κ1) is 9.75. The van der Waals surface area contributed by atoms with E-state index in [1.165, 1.54) is 0 Å². The minimum atomic E-state index is -2.61. The summed E-state index contributed by atoms with van der Waals surface area (Å²) in [5, 5.41) is 0. The van der Waals surface area contributed by atoms with Gasteiger partial charge in [-0.3, -0.25) is 9.11 Å². The summed E-state index contributed by atoms with van der Waals surface area (Å²) in [5.41, 5.74) is 0. The van der Waals surface area contributed by atoms with Gasteiger partial charge in [-0.1, -0.05) is 0 Å². The Morgan fingerprint density at radius 3 is 1.40 bits per heavy atom. The van der Waals surface area contributed by atoms with Crippen molar-refractivity contribution in [3.8, 4) is 0 Å². The number of rotatable bonds is 0. The van der Waals surface area contributed by atoms with Crippen molar-refractivity contribution in [2.45, 2.75) is 0 Å². The fourth-order valence-electron chi connectivity index (χ4n) is 0. The van der Waals surface area contributed by atoms with E-state index in [4.69, 9.17) is 13.3 Å². The number of hydrogen-bond donors (Lipinski definition) is 2. The molecule has 0 aromatic carbocycles. The summed E-state index contributed by atoms with van der Waals surface area (Å²) in [4.78, 5) is 0. The first-order valence-electron chi connectivity index (χ1n) is 0.532. The van der Waals surface area contributed by atoms with E-state index in [0.717, 1.165) is 0 Å². The van der Waals surface area contributed by atoms with Gasteiger partial charge in [0.2, 0.25) is 0 Å². The van der Waals surface area contributed by atoms with Crippen molar-refractivity contribution < 1.29 is 13.3 Å². The van der Waals surface area contributed by atoms with Gasteiger partial charge in [-0.15, -0.1) is 0 Å². The Kier molecular flexibility index (Phi) is 10.8. The van der Waals surface area contributed by atoms with Gasteiger partial charge in [-0.2, -0.15) is 4.21 Å². The van der Waals surface area contributed by atoms with E-state index in [1.807, 2.05) is 0 Å². The maximum atomic E-state index is 8.67. The van der Waals surface area contributed by atoms with E-state index in [2.05, 4.69) is 0 Å². The first-order valence-corrected chi connectivity index (χ1v) is 1.60. The molecule has 5 heteroatoms. The van der Waals surface area contributed by atoms with Crippen molar-refractivity contribution >= 4 is 56.8 Å². The van der Waals surface area contributed by atoms with Crippen LogP contribution in [0.15, 0.2) is 0 Å². The van der Waals surface area contributed by atoms with Crippen LogP contribution in [0, 0.1) is 0 Å². The van der Waals surface area contributed by atoms with E-state index in [1.54, 1.807) is 0 Å². The molecule has 2 N–H and O–H groups in total. The van der Waals surface area contributed by atoms with E-state index < -0.39 is 11.4 Å². The molecular weight excluding hydrogens is 168 g/mol. The van der Waals surface area contributed by atoms with Gasteiger partial charge in [0.25, 0.3) is 11.4 Å². The predicted octanol–water partition coefficient (Wildman–Crippen LogP) is -1.24.